The van der Waals surface area contributed by atoms with Gasteiger partial charge in [-0.3, -0.25) is 14.9 Å². The minimum Gasteiger partial charge on any atom is -0.490 e. The minimum atomic E-state index is -0.523. The Morgan fingerprint density at radius 3 is 2.38 bits per heavy atom. The third-order valence-corrected chi connectivity index (χ3v) is 6.74. The normalized spacial score (nSPS) is 31.7. The Kier molecular flexibility index (Phi) is 4.37. The molecule has 4 fully saturated rings. The molecule has 0 unspecified atom stereocenters. The highest BCUT2D eigenvalue weighted by Crippen LogP contribution is 2.61. The first-order chi connectivity index (χ1) is 12.5. The average Bonchev–Trinajstić information content (AvgIpc) is 2.59. The summed E-state index contributed by atoms with van der Waals surface area (Å²) in [5.41, 5.74) is 0.553. The Balaban J connectivity index is 1.37. The number of hydrogen-bond donors (Lipinski definition) is 1. The van der Waals surface area contributed by atoms with Crippen LogP contribution < -0.4 is 10.1 Å². The van der Waals surface area contributed by atoms with E-state index >= 15 is 0 Å². The van der Waals surface area contributed by atoms with E-state index in [0.717, 1.165) is 24.2 Å². The highest BCUT2D eigenvalue weighted by atomic mass is 16.6. The summed E-state index contributed by atoms with van der Waals surface area (Å²) in [6.07, 6.45) is 9.25. The molecule has 0 radical (unpaired) electrons. The van der Waals surface area contributed by atoms with Crippen molar-refractivity contribution in [3.05, 3.63) is 33.9 Å². The number of carbonyl (C=O) groups is 1. The predicted octanol–water partition coefficient (Wildman–Crippen LogP) is 3.94. The lowest BCUT2D eigenvalue weighted by atomic mass is 9.49. The zero-order valence-electron chi connectivity index (χ0n) is 15.2. The summed E-state index contributed by atoms with van der Waals surface area (Å²) < 4.78 is 4.99. The van der Waals surface area contributed by atoms with Crippen molar-refractivity contribution in [1.29, 1.82) is 0 Å². The van der Waals surface area contributed by atoms with Gasteiger partial charge in [0.25, 0.3) is 5.91 Å². The Bertz CT molecular complexity index is 695. The van der Waals surface area contributed by atoms with Crippen LogP contribution in [0.25, 0.3) is 0 Å². The van der Waals surface area contributed by atoms with E-state index in [1.54, 1.807) is 6.07 Å². The Hall–Kier alpha value is -2.11. The van der Waals surface area contributed by atoms with Gasteiger partial charge in [0.2, 0.25) is 0 Å². The lowest BCUT2D eigenvalue weighted by Gasteiger charge is -2.57. The molecule has 4 aliphatic rings. The number of methoxy groups -OCH3 is 1. The van der Waals surface area contributed by atoms with Crippen molar-refractivity contribution in [2.75, 3.05) is 13.7 Å². The number of carbonyl (C=O) groups excluding carboxylic acids is 1. The second-order valence-corrected chi connectivity index (χ2v) is 8.57. The molecule has 26 heavy (non-hydrogen) atoms. The van der Waals surface area contributed by atoms with Gasteiger partial charge < -0.3 is 10.1 Å². The molecular weight excluding hydrogens is 332 g/mol. The second-order valence-electron chi connectivity index (χ2n) is 8.57. The maximum absolute atomic E-state index is 12.4. The Labute approximate surface area is 153 Å². The third kappa shape index (κ3) is 3.17. The number of nitrogens with zero attached hydrogens (tertiary/aromatic N) is 1. The maximum atomic E-state index is 12.4. The highest BCUT2D eigenvalue weighted by Gasteiger charge is 2.50. The molecule has 1 N–H and O–H groups in total. The number of benzene rings is 1. The quantitative estimate of drug-likeness (QED) is 0.617. The van der Waals surface area contributed by atoms with E-state index in [1.165, 1.54) is 57.8 Å². The van der Waals surface area contributed by atoms with E-state index in [1.807, 2.05) is 0 Å². The van der Waals surface area contributed by atoms with Crippen LogP contribution in [0.4, 0.5) is 5.69 Å². The van der Waals surface area contributed by atoms with Crippen LogP contribution in [0.5, 0.6) is 5.75 Å². The molecule has 0 saturated heterocycles. The summed E-state index contributed by atoms with van der Waals surface area (Å²) in [6, 6.07) is 4.34. The van der Waals surface area contributed by atoms with Gasteiger partial charge in [0.05, 0.1) is 12.0 Å². The lowest BCUT2D eigenvalue weighted by Crippen LogP contribution is -2.47. The number of hydrogen-bond acceptors (Lipinski definition) is 4. The van der Waals surface area contributed by atoms with Crippen LogP contribution in [0.1, 0.15) is 55.3 Å². The summed E-state index contributed by atoms with van der Waals surface area (Å²) in [4.78, 5) is 23.0. The number of nitro groups is 1. The molecule has 5 rings (SSSR count). The van der Waals surface area contributed by atoms with Crippen molar-refractivity contribution in [3.8, 4) is 5.75 Å². The fourth-order valence-electron chi connectivity index (χ4n) is 6.11. The van der Waals surface area contributed by atoms with Gasteiger partial charge in [0, 0.05) is 18.2 Å². The predicted molar refractivity (Wildman–Crippen MR) is 97.2 cm³/mol. The van der Waals surface area contributed by atoms with Crippen LogP contribution in [-0.4, -0.2) is 24.5 Å². The van der Waals surface area contributed by atoms with Crippen molar-refractivity contribution in [2.45, 2.75) is 44.9 Å². The number of rotatable bonds is 6. The van der Waals surface area contributed by atoms with Gasteiger partial charge in [-0.1, -0.05) is 0 Å². The molecule has 4 saturated carbocycles. The number of ether oxygens (including phenoxy) is 1. The van der Waals surface area contributed by atoms with Crippen molar-refractivity contribution < 1.29 is 14.5 Å². The lowest BCUT2D eigenvalue weighted by molar-refractivity contribution is -0.385. The van der Waals surface area contributed by atoms with Gasteiger partial charge in [0.15, 0.2) is 5.75 Å². The van der Waals surface area contributed by atoms with Gasteiger partial charge in [0.1, 0.15) is 0 Å². The SMILES string of the molecule is COc1ccc(C(=O)NCCC23CC4CC(CC(C4)C2)C3)cc1[N+](=O)[O-]. The largest absolute Gasteiger partial charge is 0.490 e. The summed E-state index contributed by atoms with van der Waals surface area (Å²) in [6.45, 7) is 0.644. The van der Waals surface area contributed by atoms with E-state index in [9.17, 15) is 14.9 Å². The molecule has 0 aromatic heterocycles. The molecule has 0 atom stereocenters. The molecule has 1 aromatic carbocycles. The van der Waals surface area contributed by atoms with Crippen LogP contribution in [0.2, 0.25) is 0 Å². The molecule has 1 aromatic rings. The maximum Gasteiger partial charge on any atom is 0.311 e. The minimum absolute atomic E-state index is 0.167. The summed E-state index contributed by atoms with van der Waals surface area (Å²) in [7, 11) is 1.38. The third-order valence-electron chi connectivity index (χ3n) is 6.74. The van der Waals surface area contributed by atoms with Gasteiger partial charge in [-0.25, -0.2) is 0 Å². The van der Waals surface area contributed by atoms with Crippen LogP contribution in [0, 0.1) is 33.3 Å². The molecule has 1 amide bonds. The van der Waals surface area contributed by atoms with Crippen LogP contribution >= 0.6 is 0 Å². The van der Waals surface area contributed by atoms with Gasteiger partial charge in [-0.15, -0.1) is 0 Å². The summed E-state index contributed by atoms with van der Waals surface area (Å²) in [5, 5.41) is 14.1. The second kappa shape index (κ2) is 6.56. The number of amides is 1. The summed E-state index contributed by atoms with van der Waals surface area (Å²) >= 11 is 0. The van der Waals surface area contributed by atoms with E-state index in [2.05, 4.69) is 5.32 Å². The fraction of sp³-hybridized carbons (Fsp3) is 0.650. The van der Waals surface area contributed by atoms with E-state index in [4.69, 9.17) is 4.74 Å². The molecule has 0 heterocycles. The first kappa shape index (κ1) is 17.3. The van der Waals surface area contributed by atoms with Crippen molar-refractivity contribution in [3.63, 3.8) is 0 Å². The van der Waals surface area contributed by atoms with Crippen LogP contribution in [0.3, 0.4) is 0 Å². The van der Waals surface area contributed by atoms with E-state index in [-0.39, 0.29) is 17.3 Å². The first-order valence-electron chi connectivity index (χ1n) is 9.59. The number of nitro benzene ring substituents is 1. The van der Waals surface area contributed by atoms with E-state index < -0.39 is 4.92 Å². The topological polar surface area (TPSA) is 81.5 Å². The zero-order chi connectivity index (χ0) is 18.3. The standard InChI is InChI=1S/C20H26N2O4/c1-26-18-3-2-16(9-17(18)22(24)25)19(23)21-5-4-20-10-13-6-14(11-20)8-15(7-13)12-20/h2-3,9,13-15H,4-8,10-12H2,1H3,(H,21,23). The van der Waals surface area contributed by atoms with Crippen molar-refractivity contribution in [2.24, 2.45) is 23.2 Å². The molecule has 6 heteroatoms. The van der Waals surface area contributed by atoms with E-state index in [0.29, 0.717) is 17.5 Å². The van der Waals surface area contributed by atoms with Crippen molar-refractivity contribution >= 4 is 11.6 Å². The van der Waals surface area contributed by atoms with Gasteiger partial charge >= 0.3 is 5.69 Å². The highest BCUT2D eigenvalue weighted by molar-refractivity contribution is 5.95. The molecule has 0 aliphatic heterocycles. The molecule has 4 aliphatic carbocycles. The molecule has 4 bridgehead atoms. The van der Waals surface area contributed by atoms with Crippen LogP contribution in [-0.2, 0) is 0 Å². The first-order valence-corrected chi connectivity index (χ1v) is 9.59. The zero-order valence-corrected chi connectivity index (χ0v) is 15.2. The van der Waals surface area contributed by atoms with Crippen molar-refractivity contribution in [1.82, 2.24) is 5.32 Å². The monoisotopic (exact) mass is 358 g/mol. The smallest absolute Gasteiger partial charge is 0.311 e. The average molecular weight is 358 g/mol. The molecule has 6 nitrogen and oxygen atoms in total. The van der Waals surface area contributed by atoms with Gasteiger partial charge in [-0.05, 0) is 80.2 Å². The number of nitrogens with one attached hydrogen (secondary N) is 1. The Morgan fingerprint density at radius 2 is 1.85 bits per heavy atom. The molecule has 0 spiro atoms. The summed E-state index contributed by atoms with van der Waals surface area (Å²) in [5.74, 6) is 2.63. The molecule has 140 valence electrons. The Morgan fingerprint density at radius 1 is 1.23 bits per heavy atom. The van der Waals surface area contributed by atoms with Gasteiger partial charge in [-0.2, -0.15) is 0 Å². The van der Waals surface area contributed by atoms with Crippen LogP contribution in [0.15, 0.2) is 18.2 Å². The molecular formula is C20H26N2O4. The fourth-order valence-corrected chi connectivity index (χ4v) is 6.11.